The predicted octanol–water partition coefficient (Wildman–Crippen LogP) is 5.04. The number of ketones is 1. The average Bonchev–Trinajstić information content (AvgIpc) is 2.64. The third kappa shape index (κ3) is 3.45. The number of aliphatic hydroxyl groups is 1. The van der Waals surface area contributed by atoms with Crippen LogP contribution in [0.3, 0.4) is 0 Å². The zero-order chi connectivity index (χ0) is 14.7. The molecule has 0 spiro atoms. The minimum Gasteiger partial charge on any atom is -0.512 e. The van der Waals surface area contributed by atoms with Crippen molar-refractivity contribution in [2.45, 2.75) is 72.1 Å². The summed E-state index contributed by atoms with van der Waals surface area (Å²) in [6.07, 6.45) is 8.75. The summed E-state index contributed by atoms with van der Waals surface area (Å²) in [7, 11) is 0. The van der Waals surface area contributed by atoms with Gasteiger partial charge >= 0.3 is 0 Å². The first kappa shape index (κ1) is 15.6. The van der Waals surface area contributed by atoms with Gasteiger partial charge in [0.25, 0.3) is 0 Å². The van der Waals surface area contributed by atoms with Crippen LogP contribution in [0, 0.1) is 23.7 Å². The second-order valence-corrected chi connectivity index (χ2v) is 7.36. The molecule has 2 heteroatoms. The normalized spacial score (nSPS) is 28.1. The number of hydrogen-bond donors (Lipinski definition) is 1. The standard InChI is InChI=1S/C18H30O2/c1-12(2)7-6-8-13(3)11-16-17(19)14-9-4-5-10-15(14)18(16)20/h12-15,19H,4-11H2,1-3H3/t13-,14+,15-/m0/s1. The lowest BCUT2D eigenvalue weighted by molar-refractivity contribution is -0.120. The Bertz CT molecular complexity index is 381. The van der Waals surface area contributed by atoms with Crippen LogP contribution in [0.2, 0.25) is 0 Å². The van der Waals surface area contributed by atoms with Gasteiger partial charge in [0.05, 0.1) is 0 Å². The van der Waals surface area contributed by atoms with Gasteiger partial charge in [-0.15, -0.1) is 0 Å². The fourth-order valence-electron chi connectivity index (χ4n) is 3.88. The van der Waals surface area contributed by atoms with Gasteiger partial charge in [0.1, 0.15) is 5.76 Å². The van der Waals surface area contributed by atoms with E-state index in [0.717, 1.165) is 50.0 Å². The first-order chi connectivity index (χ1) is 9.50. The van der Waals surface area contributed by atoms with Crippen LogP contribution in [0.5, 0.6) is 0 Å². The van der Waals surface area contributed by atoms with Crippen LogP contribution in [-0.2, 0) is 4.79 Å². The van der Waals surface area contributed by atoms with Crippen LogP contribution in [-0.4, -0.2) is 10.9 Å². The van der Waals surface area contributed by atoms with E-state index < -0.39 is 0 Å². The van der Waals surface area contributed by atoms with Gasteiger partial charge < -0.3 is 5.11 Å². The average molecular weight is 278 g/mol. The highest BCUT2D eigenvalue weighted by Gasteiger charge is 2.42. The number of fused-ring (bicyclic) bond motifs is 1. The second kappa shape index (κ2) is 6.78. The van der Waals surface area contributed by atoms with Crippen LogP contribution < -0.4 is 0 Å². The minimum absolute atomic E-state index is 0.113. The molecule has 0 aromatic rings. The molecular formula is C18H30O2. The van der Waals surface area contributed by atoms with E-state index in [1.165, 1.54) is 12.8 Å². The Morgan fingerprint density at radius 3 is 2.35 bits per heavy atom. The Kier molecular flexibility index (Phi) is 5.29. The molecule has 0 heterocycles. The molecule has 0 saturated heterocycles. The van der Waals surface area contributed by atoms with Crippen molar-refractivity contribution in [2.75, 3.05) is 0 Å². The maximum atomic E-state index is 12.4. The second-order valence-electron chi connectivity index (χ2n) is 7.36. The van der Waals surface area contributed by atoms with Gasteiger partial charge in [-0.2, -0.15) is 0 Å². The summed E-state index contributed by atoms with van der Waals surface area (Å²) in [5.41, 5.74) is 0.777. The number of allylic oxidation sites excluding steroid dienone is 2. The Balaban J connectivity index is 1.91. The van der Waals surface area contributed by atoms with Crippen molar-refractivity contribution < 1.29 is 9.90 Å². The number of Topliss-reactive ketones (excluding diaryl/α,β-unsaturated/α-hetero) is 1. The Hall–Kier alpha value is -0.790. The van der Waals surface area contributed by atoms with Gasteiger partial charge in [0, 0.05) is 17.4 Å². The van der Waals surface area contributed by atoms with E-state index in [9.17, 15) is 9.90 Å². The van der Waals surface area contributed by atoms with Gasteiger partial charge in [-0.05, 0) is 31.1 Å². The molecule has 0 aromatic heterocycles. The van der Waals surface area contributed by atoms with E-state index in [-0.39, 0.29) is 17.6 Å². The summed E-state index contributed by atoms with van der Waals surface area (Å²) < 4.78 is 0. The van der Waals surface area contributed by atoms with Crippen molar-refractivity contribution in [3.8, 4) is 0 Å². The molecule has 1 N–H and O–H groups in total. The van der Waals surface area contributed by atoms with Crippen molar-refractivity contribution in [3.05, 3.63) is 11.3 Å². The first-order valence-electron chi connectivity index (χ1n) is 8.47. The van der Waals surface area contributed by atoms with Crippen molar-refractivity contribution in [1.29, 1.82) is 0 Å². The number of carbonyl (C=O) groups excluding carboxylic acids is 1. The maximum Gasteiger partial charge on any atom is 0.166 e. The lowest BCUT2D eigenvalue weighted by Gasteiger charge is -2.23. The molecule has 0 bridgehead atoms. The summed E-state index contributed by atoms with van der Waals surface area (Å²) >= 11 is 0. The third-order valence-electron chi connectivity index (χ3n) is 5.09. The van der Waals surface area contributed by atoms with Gasteiger partial charge in [0.2, 0.25) is 0 Å². The number of hydrogen-bond acceptors (Lipinski definition) is 2. The third-order valence-corrected chi connectivity index (χ3v) is 5.09. The molecule has 0 unspecified atom stereocenters. The molecule has 0 amide bonds. The van der Waals surface area contributed by atoms with Gasteiger partial charge in [-0.3, -0.25) is 4.79 Å². The van der Waals surface area contributed by atoms with Gasteiger partial charge in [0.15, 0.2) is 5.78 Å². The zero-order valence-electron chi connectivity index (χ0n) is 13.3. The van der Waals surface area contributed by atoms with Gasteiger partial charge in [-0.25, -0.2) is 0 Å². The lowest BCUT2D eigenvalue weighted by Crippen LogP contribution is -2.22. The Labute approximate surface area is 123 Å². The largest absolute Gasteiger partial charge is 0.512 e. The molecule has 2 rings (SSSR count). The molecule has 1 fully saturated rings. The van der Waals surface area contributed by atoms with E-state index in [0.29, 0.717) is 11.7 Å². The molecule has 2 aliphatic rings. The van der Waals surface area contributed by atoms with E-state index in [4.69, 9.17) is 0 Å². The van der Waals surface area contributed by atoms with Crippen molar-refractivity contribution in [3.63, 3.8) is 0 Å². The topological polar surface area (TPSA) is 37.3 Å². The van der Waals surface area contributed by atoms with Crippen LogP contribution in [0.15, 0.2) is 11.3 Å². The highest BCUT2D eigenvalue weighted by atomic mass is 16.3. The van der Waals surface area contributed by atoms with E-state index in [2.05, 4.69) is 20.8 Å². The first-order valence-corrected chi connectivity index (χ1v) is 8.47. The zero-order valence-corrected chi connectivity index (χ0v) is 13.3. The van der Waals surface area contributed by atoms with E-state index in [1.54, 1.807) is 0 Å². The highest BCUT2D eigenvalue weighted by molar-refractivity contribution is 6.00. The minimum atomic E-state index is 0.113. The summed E-state index contributed by atoms with van der Waals surface area (Å²) in [4.78, 5) is 12.4. The number of aliphatic hydroxyl groups excluding tert-OH is 1. The Morgan fingerprint density at radius 1 is 1.10 bits per heavy atom. The molecular weight excluding hydrogens is 248 g/mol. The SMILES string of the molecule is CC(C)CCC[C@H](C)CC1=C(O)[C@@H]2CCCC[C@@H]2C1=O. The molecule has 0 aliphatic heterocycles. The molecule has 2 aliphatic carbocycles. The number of rotatable bonds is 6. The van der Waals surface area contributed by atoms with Crippen LogP contribution in [0.25, 0.3) is 0 Å². The molecule has 0 radical (unpaired) electrons. The van der Waals surface area contributed by atoms with Crippen molar-refractivity contribution in [2.24, 2.45) is 23.7 Å². The number of carbonyl (C=O) groups is 1. The molecule has 0 aromatic carbocycles. The summed E-state index contributed by atoms with van der Waals surface area (Å²) in [6.45, 7) is 6.73. The molecule has 1 saturated carbocycles. The molecule has 2 nitrogen and oxygen atoms in total. The van der Waals surface area contributed by atoms with Crippen molar-refractivity contribution in [1.82, 2.24) is 0 Å². The van der Waals surface area contributed by atoms with E-state index in [1.807, 2.05) is 0 Å². The fourth-order valence-corrected chi connectivity index (χ4v) is 3.88. The van der Waals surface area contributed by atoms with Crippen LogP contribution >= 0.6 is 0 Å². The maximum absolute atomic E-state index is 12.4. The predicted molar refractivity (Wildman–Crippen MR) is 82.6 cm³/mol. The molecule has 114 valence electrons. The fraction of sp³-hybridized carbons (Fsp3) is 0.833. The smallest absolute Gasteiger partial charge is 0.166 e. The van der Waals surface area contributed by atoms with Gasteiger partial charge in [-0.1, -0.05) is 52.9 Å². The van der Waals surface area contributed by atoms with Crippen LogP contribution in [0.1, 0.15) is 72.1 Å². The van der Waals surface area contributed by atoms with Crippen molar-refractivity contribution >= 4 is 5.78 Å². The quantitative estimate of drug-likeness (QED) is 0.739. The lowest BCUT2D eigenvalue weighted by atomic mass is 9.80. The monoisotopic (exact) mass is 278 g/mol. The summed E-state index contributed by atoms with van der Waals surface area (Å²) in [5.74, 6) is 2.26. The van der Waals surface area contributed by atoms with E-state index >= 15 is 0 Å². The summed E-state index contributed by atoms with van der Waals surface area (Å²) in [5, 5.41) is 10.4. The summed E-state index contributed by atoms with van der Waals surface area (Å²) in [6, 6.07) is 0. The highest BCUT2D eigenvalue weighted by Crippen LogP contribution is 2.44. The molecule has 3 atom stereocenters. The Morgan fingerprint density at radius 2 is 1.75 bits per heavy atom. The molecule has 20 heavy (non-hydrogen) atoms. The van der Waals surface area contributed by atoms with Crippen LogP contribution in [0.4, 0.5) is 0 Å².